The van der Waals surface area contributed by atoms with E-state index in [9.17, 15) is 46.0 Å². The first-order valence-electron chi connectivity index (χ1n) is 14.6. The van der Waals surface area contributed by atoms with E-state index < -0.39 is 59.8 Å². The Morgan fingerprint density at radius 2 is 1.58 bits per heavy atom. The van der Waals surface area contributed by atoms with Crippen LogP contribution in [0.25, 0.3) is 0 Å². The zero-order chi connectivity index (χ0) is 37.9. The number of allylic oxidation sites excluding steroid dienone is 1. The summed E-state index contributed by atoms with van der Waals surface area (Å²) in [7, 11) is 1.48. The van der Waals surface area contributed by atoms with E-state index in [1.807, 2.05) is 26.2 Å². The van der Waals surface area contributed by atoms with Gasteiger partial charge < -0.3 is 19.5 Å². The highest BCUT2D eigenvalue weighted by molar-refractivity contribution is 8.00. The number of nitrogens with one attached hydrogen (secondary N) is 1. The van der Waals surface area contributed by atoms with Gasteiger partial charge in [0.15, 0.2) is 0 Å². The first kappa shape index (κ1) is 41.5. The van der Waals surface area contributed by atoms with Crippen LogP contribution in [-0.2, 0) is 23.9 Å². The number of carbonyl (C=O) groups excluding carboxylic acids is 3. The fourth-order valence-corrected chi connectivity index (χ4v) is 4.32. The summed E-state index contributed by atoms with van der Waals surface area (Å²) < 4.78 is 90.1. The van der Waals surface area contributed by atoms with Gasteiger partial charge in [0.25, 0.3) is 6.10 Å². The Kier molecular flexibility index (Phi) is 14.3. The summed E-state index contributed by atoms with van der Waals surface area (Å²) in [5.41, 5.74) is -0.534. The molecule has 17 heteroatoms. The fraction of sp³-hybridized carbons (Fsp3) is 0.424. The van der Waals surface area contributed by atoms with Crippen molar-refractivity contribution in [3.8, 4) is 17.6 Å². The van der Waals surface area contributed by atoms with Crippen LogP contribution in [0.2, 0.25) is 0 Å². The molecule has 1 aliphatic carbocycles. The van der Waals surface area contributed by atoms with Gasteiger partial charge in [-0.3, -0.25) is 9.63 Å². The van der Waals surface area contributed by atoms with E-state index in [2.05, 4.69) is 20.0 Å². The van der Waals surface area contributed by atoms with E-state index in [1.54, 1.807) is 80.4 Å². The molecule has 10 nitrogen and oxygen atoms in total. The molecule has 0 spiro atoms. The second kappa shape index (κ2) is 17.3. The number of hydrogen-bond acceptors (Lipinski definition) is 10. The van der Waals surface area contributed by atoms with Crippen LogP contribution in [0.15, 0.2) is 71.9 Å². The third kappa shape index (κ3) is 12.6. The number of oxime groups is 1. The van der Waals surface area contributed by atoms with Crippen molar-refractivity contribution in [2.45, 2.75) is 57.0 Å². The minimum atomic E-state index is -5.84. The number of nitriles is 1. The first-order chi connectivity index (χ1) is 23.2. The van der Waals surface area contributed by atoms with Crippen LogP contribution in [-0.4, -0.2) is 60.8 Å². The van der Waals surface area contributed by atoms with E-state index in [1.165, 1.54) is 13.1 Å². The maximum absolute atomic E-state index is 12.8. The van der Waals surface area contributed by atoms with Crippen LogP contribution in [0.3, 0.4) is 0 Å². The maximum Gasteiger partial charge on any atom is 0.434 e. The normalized spacial score (nSPS) is 17.6. The van der Waals surface area contributed by atoms with Crippen molar-refractivity contribution in [1.82, 2.24) is 5.32 Å². The average molecular weight is 732 g/mol. The van der Waals surface area contributed by atoms with Gasteiger partial charge in [-0.15, -0.1) is 0 Å². The van der Waals surface area contributed by atoms with Gasteiger partial charge in [0.05, 0.1) is 12.1 Å². The number of esters is 2. The van der Waals surface area contributed by atoms with Crippen LogP contribution in [0.5, 0.6) is 11.5 Å². The molecule has 0 radical (unpaired) electrons. The van der Waals surface area contributed by atoms with Crippen LogP contribution in [0.4, 0.5) is 31.1 Å². The van der Waals surface area contributed by atoms with E-state index in [-0.39, 0.29) is 4.75 Å². The SMILES string of the molecule is CC1(C)C(/C=C\C(=O)OC(C(F)(F)F)C(F)(F)F)C1C(=O)OC(C#N)c1cccc(Oc2ccccc2)c1.CNC(=O)O/N=C/C(C)(C)SC. The summed E-state index contributed by atoms with van der Waals surface area (Å²) in [6.45, 7) is 7.13. The molecule has 0 aromatic heterocycles. The Bertz CT molecular complexity index is 1560. The quantitative estimate of drug-likeness (QED) is 0.0611. The van der Waals surface area contributed by atoms with Gasteiger partial charge in [-0.2, -0.15) is 43.4 Å². The standard InChI is InChI=1S/C26H21F6NO5.C7H14N2O2S/c1-24(2)18(11-12-20(34)38-23(25(27,28)29)26(30,31)32)21(24)22(35)37-19(14-33)15-7-6-10-17(13-15)36-16-8-4-3-5-9-16;1-7(2,12-4)5-9-11-6(10)8-3/h3-13,18-19,21,23H,1-2H3;5H,1-4H3,(H,8,10)/b12-11-;9-5+. The zero-order valence-electron chi connectivity index (χ0n) is 27.7. The summed E-state index contributed by atoms with van der Waals surface area (Å²) in [5.74, 6) is -3.45. The topological polar surface area (TPSA) is 136 Å². The summed E-state index contributed by atoms with van der Waals surface area (Å²) in [4.78, 5) is 39.4. The number of para-hydroxylation sites is 1. The molecule has 1 fully saturated rings. The lowest BCUT2D eigenvalue weighted by Gasteiger charge is -2.22. The van der Waals surface area contributed by atoms with Crippen molar-refractivity contribution >= 4 is 36.0 Å². The molecule has 3 atom stereocenters. The lowest BCUT2D eigenvalue weighted by Crippen LogP contribution is -2.45. The van der Waals surface area contributed by atoms with E-state index >= 15 is 0 Å². The molecule has 0 heterocycles. The third-order valence-electron chi connectivity index (χ3n) is 7.15. The number of rotatable bonds is 11. The Labute approximate surface area is 288 Å². The van der Waals surface area contributed by atoms with Crippen LogP contribution in [0.1, 0.15) is 39.4 Å². The molecule has 1 aliphatic rings. The highest BCUT2D eigenvalue weighted by atomic mass is 32.2. The summed E-state index contributed by atoms with van der Waals surface area (Å²) in [5, 5.41) is 15.4. The van der Waals surface area contributed by atoms with Gasteiger partial charge in [-0.1, -0.05) is 55.4 Å². The molecule has 3 unspecified atom stereocenters. The summed E-state index contributed by atoms with van der Waals surface area (Å²) in [6, 6.07) is 16.9. The molecule has 3 rings (SSSR count). The fourth-order valence-electron chi connectivity index (χ4n) is 4.17. The summed E-state index contributed by atoms with van der Waals surface area (Å²) >= 11 is 1.63. The highest BCUT2D eigenvalue weighted by Crippen LogP contribution is 2.59. The van der Waals surface area contributed by atoms with Crippen molar-refractivity contribution < 1.29 is 59.8 Å². The van der Waals surface area contributed by atoms with Gasteiger partial charge in [-0.05, 0) is 55.7 Å². The number of carbonyl (C=O) groups is 3. The first-order valence-corrected chi connectivity index (χ1v) is 15.8. The van der Waals surface area contributed by atoms with Crippen molar-refractivity contribution in [1.29, 1.82) is 5.26 Å². The zero-order valence-corrected chi connectivity index (χ0v) is 28.5. The highest BCUT2D eigenvalue weighted by Gasteiger charge is 2.62. The smallest absolute Gasteiger partial charge is 0.434 e. The van der Waals surface area contributed by atoms with Gasteiger partial charge >= 0.3 is 30.4 Å². The minimum absolute atomic E-state index is 0.103. The molecule has 2 aromatic rings. The number of halogens is 6. The molecule has 0 saturated heterocycles. The largest absolute Gasteiger partial charge is 0.457 e. The van der Waals surface area contributed by atoms with E-state index in [0.29, 0.717) is 23.1 Å². The van der Waals surface area contributed by atoms with Gasteiger partial charge in [-0.25, -0.2) is 9.59 Å². The van der Waals surface area contributed by atoms with Crippen molar-refractivity contribution in [3.05, 3.63) is 72.3 Å². The van der Waals surface area contributed by atoms with Gasteiger partial charge in [0.2, 0.25) is 6.10 Å². The predicted molar refractivity (Wildman–Crippen MR) is 171 cm³/mol. The van der Waals surface area contributed by atoms with Gasteiger partial charge in [0, 0.05) is 23.4 Å². The number of amides is 1. The van der Waals surface area contributed by atoms with E-state index in [0.717, 1.165) is 6.08 Å². The number of nitrogens with zero attached hydrogens (tertiary/aromatic N) is 2. The van der Waals surface area contributed by atoms with Crippen molar-refractivity contribution in [2.24, 2.45) is 22.4 Å². The second-order valence-electron chi connectivity index (χ2n) is 11.7. The van der Waals surface area contributed by atoms with Gasteiger partial charge in [0.1, 0.15) is 17.6 Å². The number of ether oxygens (including phenoxy) is 3. The molecular formula is C33H35F6N3O7S. The Hall–Kier alpha value is -4.72. The number of thioether (sulfide) groups is 1. The monoisotopic (exact) mass is 731 g/mol. The lowest BCUT2D eigenvalue weighted by molar-refractivity contribution is -0.312. The molecule has 1 saturated carbocycles. The molecule has 50 heavy (non-hydrogen) atoms. The molecular weight excluding hydrogens is 696 g/mol. The summed E-state index contributed by atoms with van der Waals surface area (Å²) in [6.07, 6.45) is -12.9. The third-order valence-corrected chi connectivity index (χ3v) is 8.31. The lowest BCUT2D eigenvalue weighted by atomic mass is 10.1. The van der Waals surface area contributed by atoms with E-state index in [4.69, 9.17) is 9.47 Å². The maximum atomic E-state index is 12.8. The van der Waals surface area contributed by atoms with Crippen molar-refractivity contribution in [2.75, 3.05) is 13.3 Å². The average Bonchev–Trinajstić information content (AvgIpc) is 3.60. The minimum Gasteiger partial charge on any atom is -0.457 e. The number of alkyl halides is 6. The van der Waals surface area contributed by atoms with Crippen LogP contribution < -0.4 is 10.1 Å². The molecule has 0 bridgehead atoms. The Balaban J connectivity index is 0.000000616. The Morgan fingerprint density at radius 3 is 2.12 bits per heavy atom. The molecule has 272 valence electrons. The van der Waals surface area contributed by atoms with Crippen LogP contribution in [0, 0.1) is 28.6 Å². The molecule has 2 aromatic carbocycles. The number of benzene rings is 2. The second-order valence-corrected chi connectivity index (χ2v) is 13.1. The molecule has 1 N–H and O–H groups in total. The number of hydrogen-bond donors (Lipinski definition) is 1. The van der Waals surface area contributed by atoms with Crippen molar-refractivity contribution in [3.63, 3.8) is 0 Å². The predicted octanol–water partition coefficient (Wildman–Crippen LogP) is 7.92. The molecule has 0 aliphatic heterocycles. The Morgan fingerprint density at radius 1 is 0.980 bits per heavy atom. The van der Waals surface area contributed by atoms with Crippen LogP contribution >= 0.6 is 11.8 Å². The molecule has 1 amide bonds.